The van der Waals surface area contributed by atoms with Gasteiger partial charge < -0.3 is 0 Å². The highest BCUT2D eigenvalue weighted by Gasteiger charge is 2.03. The molecule has 0 spiro atoms. The van der Waals surface area contributed by atoms with Gasteiger partial charge >= 0.3 is 0 Å². The van der Waals surface area contributed by atoms with Crippen molar-refractivity contribution in [3.05, 3.63) is 11.7 Å². The topological polar surface area (TPSA) is 17.1 Å². The van der Waals surface area contributed by atoms with Crippen LogP contribution in [0, 0.1) is 0 Å². The fraction of sp³-hybridized carbons (Fsp3) is 0.700. The monoisotopic (exact) mass is 224 g/mol. The quantitative estimate of drug-likeness (QED) is 0.466. The molecule has 0 heterocycles. The Morgan fingerprint density at radius 1 is 1.14 bits per heavy atom. The van der Waals surface area contributed by atoms with Gasteiger partial charge in [-0.05, 0) is 42.9 Å². The number of carbonyl (C=O) groups excluding carboxylic acids is 1. The summed E-state index contributed by atoms with van der Waals surface area (Å²) < 4.78 is 24.3. The van der Waals surface area contributed by atoms with Crippen molar-refractivity contribution in [2.24, 2.45) is 0 Å². The maximum atomic E-state index is 12.1. The van der Waals surface area contributed by atoms with E-state index in [1.165, 1.54) is 0 Å². The van der Waals surface area contributed by atoms with Crippen molar-refractivity contribution in [2.45, 2.75) is 45.4 Å². The molecule has 0 fully saturated rings. The molecule has 0 aliphatic rings. The van der Waals surface area contributed by atoms with Crippen LogP contribution in [0.25, 0.3) is 0 Å². The minimum Gasteiger partial charge on any atom is -0.281 e. The average molecular weight is 225 g/mol. The van der Waals surface area contributed by atoms with Crippen molar-refractivity contribution >= 4 is 16.8 Å². The van der Waals surface area contributed by atoms with Gasteiger partial charge in [-0.15, -0.1) is 0 Å². The van der Waals surface area contributed by atoms with E-state index in [9.17, 15) is 13.6 Å². The van der Waals surface area contributed by atoms with Crippen LogP contribution in [0.5, 0.6) is 0 Å². The van der Waals surface area contributed by atoms with Crippen LogP contribution in [0.3, 0.4) is 0 Å². The standard InChI is InChI=1S/C10H15ClF2O/c1-2-8(10(12)13)6-4-3-5-7-9(11)14/h2-7H2,1H3. The Morgan fingerprint density at radius 2 is 1.71 bits per heavy atom. The molecule has 0 aromatic heterocycles. The molecule has 0 N–H and O–H groups in total. The fourth-order valence-corrected chi connectivity index (χ4v) is 1.32. The van der Waals surface area contributed by atoms with Crippen molar-refractivity contribution in [1.82, 2.24) is 0 Å². The number of hydrogen-bond donors (Lipinski definition) is 0. The van der Waals surface area contributed by atoms with Crippen LogP contribution in [0.15, 0.2) is 11.7 Å². The third-order valence-electron chi connectivity index (χ3n) is 2.05. The summed E-state index contributed by atoms with van der Waals surface area (Å²) in [6, 6.07) is 0. The first-order valence-corrected chi connectivity index (χ1v) is 5.17. The minimum atomic E-state index is -1.55. The molecule has 0 saturated carbocycles. The lowest BCUT2D eigenvalue weighted by Gasteiger charge is -2.02. The minimum absolute atomic E-state index is 0.224. The lowest BCUT2D eigenvalue weighted by molar-refractivity contribution is -0.111. The fourth-order valence-electron chi connectivity index (χ4n) is 1.18. The summed E-state index contributed by atoms with van der Waals surface area (Å²) in [6.07, 6.45) is 1.77. The first-order chi connectivity index (χ1) is 6.57. The van der Waals surface area contributed by atoms with Crippen molar-refractivity contribution in [3.8, 4) is 0 Å². The molecule has 0 rings (SSSR count). The largest absolute Gasteiger partial charge is 0.281 e. The second kappa shape index (κ2) is 7.92. The van der Waals surface area contributed by atoms with Gasteiger partial charge in [0.1, 0.15) is 0 Å². The highest BCUT2D eigenvalue weighted by Crippen LogP contribution is 2.19. The molecule has 0 aliphatic carbocycles. The van der Waals surface area contributed by atoms with Crippen molar-refractivity contribution < 1.29 is 13.6 Å². The summed E-state index contributed by atoms with van der Waals surface area (Å²) in [5, 5.41) is -0.354. The smallest absolute Gasteiger partial charge is 0.269 e. The zero-order chi connectivity index (χ0) is 11.0. The zero-order valence-corrected chi connectivity index (χ0v) is 9.04. The van der Waals surface area contributed by atoms with Crippen LogP contribution < -0.4 is 0 Å². The van der Waals surface area contributed by atoms with Gasteiger partial charge in [-0.2, -0.15) is 8.78 Å². The van der Waals surface area contributed by atoms with E-state index < -0.39 is 6.08 Å². The molecule has 0 unspecified atom stereocenters. The lowest BCUT2D eigenvalue weighted by Crippen LogP contribution is -1.88. The average Bonchev–Trinajstić information content (AvgIpc) is 2.10. The maximum Gasteiger partial charge on any atom is 0.269 e. The van der Waals surface area contributed by atoms with Crippen molar-refractivity contribution in [3.63, 3.8) is 0 Å². The maximum absolute atomic E-state index is 12.1. The second-order valence-corrected chi connectivity index (χ2v) is 3.55. The zero-order valence-electron chi connectivity index (χ0n) is 8.28. The van der Waals surface area contributed by atoms with Gasteiger partial charge in [0.05, 0.1) is 0 Å². The van der Waals surface area contributed by atoms with Crippen LogP contribution in [-0.2, 0) is 4.79 Å². The Balaban J connectivity index is 3.53. The normalized spacial score (nSPS) is 10.0. The third kappa shape index (κ3) is 7.01. The molecule has 4 heteroatoms. The van der Waals surface area contributed by atoms with Crippen LogP contribution >= 0.6 is 11.6 Å². The van der Waals surface area contributed by atoms with E-state index in [4.69, 9.17) is 11.6 Å². The van der Waals surface area contributed by atoms with Gasteiger partial charge in [-0.3, -0.25) is 4.79 Å². The van der Waals surface area contributed by atoms with E-state index in [1.807, 2.05) is 0 Å². The summed E-state index contributed by atoms with van der Waals surface area (Å²) in [5.74, 6) is 0. The molecular weight excluding hydrogens is 210 g/mol. The molecule has 0 aromatic carbocycles. The van der Waals surface area contributed by atoms with Crippen LogP contribution in [-0.4, -0.2) is 5.24 Å². The molecule has 0 bridgehead atoms. The van der Waals surface area contributed by atoms with E-state index in [0.717, 1.165) is 6.42 Å². The van der Waals surface area contributed by atoms with Gasteiger partial charge in [0.2, 0.25) is 5.24 Å². The first kappa shape index (κ1) is 13.6. The number of rotatable bonds is 7. The highest BCUT2D eigenvalue weighted by molar-refractivity contribution is 6.63. The molecule has 1 nitrogen and oxygen atoms in total. The highest BCUT2D eigenvalue weighted by atomic mass is 35.5. The second-order valence-electron chi connectivity index (χ2n) is 3.13. The van der Waals surface area contributed by atoms with Gasteiger partial charge in [0.15, 0.2) is 0 Å². The van der Waals surface area contributed by atoms with E-state index >= 15 is 0 Å². The molecule has 0 saturated heterocycles. The van der Waals surface area contributed by atoms with E-state index in [2.05, 4.69) is 0 Å². The van der Waals surface area contributed by atoms with Gasteiger partial charge in [0, 0.05) is 6.42 Å². The Bertz CT molecular complexity index is 210. The van der Waals surface area contributed by atoms with E-state index in [1.54, 1.807) is 6.92 Å². The molecule has 82 valence electrons. The number of hydrogen-bond acceptors (Lipinski definition) is 1. The predicted octanol–water partition coefficient (Wildman–Crippen LogP) is 4.26. The van der Waals surface area contributed by atoms with E-state index in [-0.39, 0.29) is 10.8 Å². The van der Waals surface area contributed by atoms with Gasteiger partial charge in [0.25, 0.3) is 6.08 Å². The summed E-state index contributed by atoms with van der Waals surface area (Å²) in [6.45, 7) is 1.72. The van der Waals surface area contributed by atoms with E-state index in [0.29, 0.717) is 32.1 Å². The first-order valence-electron chi connectivity index (χ1n) is 4.79. The summed E-state index contributed by atoms with van der Waals surface area (Å²) in [7, 11) is 0. The number of halogens is 3. The Labute approximate surface area is 88.1 Å². The molecule has 0 aromatic rings. The van der Waals surface area contributed by atoms with Crippen molar-refractivity contribution in [2.75, 3.05) is 0 Å². The molecule has 0 amide bonds. The molecule has 14 heavy (non-hydrogen) atoms. The predicted molar refractivity (Wildman–Crippen MR) is 53.5 cm³/mol. The summed E-state index contributed by atoms with van der Waals surface area (Å²) >= 11 is 5.13. The molecular formula is C10H15ClF2O. The molecule has 0 atom stereocenters. The summed E-state index contributed by atoms with van der Waals surface area (Å²) in [5.41, 5.74) is 0.224. The Hall–Kier alpha value is -0.440. The Kier molecular flexibility index (Phi) is 7.67. The van der Waals surface area contributed by atoms with Crippen molar-refractivity contribution in [1.29, 1.82) is 0 Å². The molecule has 0 aliphatic heterocycles. The van der Waals surface area contributed by atoms with Crippen LogP contribution in [0.4, 0.5) is 8.78 Å². The lowest BCUT2D eigenvalue weighted by atomic mass is 10.1. The van der Waals surface area contributed by atoms with Gasteiger partial charge in [-0.1, -0.05) is 13.3 Å². The van der Waals surface area contributed by atoms with Gasteiger partial charge in [-0.25, -0.2) is 0 Å². The summed E-state index contributed by atoms with van der Waals surface area (Å²) in [4.78, 5) is 10.3. The van der Waals surface area contributed by atoms with Crippen LogP contribution in [0.1, 0.15) is 45.4 Å². The molecule has 0 radical (unpaired) electrons. The SMILES string of the molecule is CCC(CCCCCC(=O)Cl)=C(F)F. The van der Waals surface area contributed by atoms with Crippen LogP contribution in [0.2, 0.25) is 0 Å². The number of unbranched alkanes of at least 4 members (excludes halogenated alkanes) is 2. The number of allylic oxidation sites excluding steroid dienone is 1. The number of carbonyl (C=O) groups is 1. The Morgan fingerprint density at radius 3 is 2.14 bits per heavy atom. The third-order valence-corrected chi connectivity index (χ3v) is 2.23.